The molecule has 2 aromatic heterocycles. The predicted octanol–water partition coefficient (Wildman–Crippen LogP) is 3.51. The highest BCUT2D eigenvalue weighted by atomic mass is 32.1. The maximum atomic E-state index is 13.2. The van der Waals surface area contributed by atoms with Crippen LogP contribution in [0.15, 0.2) is 36.5 Å². The Hall–Kier alpha value is -3.30. The Morgan fingerprint density at radius 2 is 1.97 bits per heavy atom. The van der Waals surface area contributed by atoms with E-state index in [0.29, 0.717) is 54.6 Å². The molecule has 0 bridgehead atoms. The molecular formula is C25H24N4O4S. The number of carbonyl (C=O) groups excluding carboxylic acids is 2. The monoisotopic (exact) mass is 476 g/mol. The molecule has 2 fully saturated rings. The molecule has 8 nitrogen and oxygen atoms in total. The highest BCUT2D eigenvalue weighted by molar-refractivity contribution is 7.16. The second-order valence-corrected chi connectivity index (χ2v) is 10.1. The number of para-hydroxylation sites is 1. The molecule has 1 N–H and O–H groups in total. The summed E-state index contributed by atoms with van der Waals surface area (Å²) in [4.78, 5) is 37.9. The number of anilines is 1. The Balaban J connectivity index is 1.19. The summed E-state index contributed by atoms with van der Waals surface area (Å²) >= 11 is 1.43. The van der Waals surface area contributed by atoms with Crippen molar-refractivity contribution in [2.75, 3.05) is 25.6 Å². The molecule has 2 aliphatic heterocycles. The van der Waals surface area contributed by atoms with E-state index in [9.17, 15) is 9.59 Å². The minimum absolute atomic E-state index is 0.115. The smallest absolute Gasteiger partial charge is 0.259 e. The molecule has 1 saturated carbocycles. The van der Waals surface area contributed by atoms with E-state index in [1.165, 1.54) is 11.3 Å². The minimum atomic E-state index is -0.278. The fourth-order valence-corrected chi connectivity index (χ4v) is 6.04. The topological polar surface area (TPSA) is 93.6 Å². The molecule has 1 saturated heterocycles. The molecular weight excluding hydrogens is 452 g/mol. The average Bonchev–Trinajstić information content (AvgIpc) is 3.19. The highest BCUT2D eigenvalue weighted by Gasteiger charge is 2.59. The minimum Gasteiger partial charge on any atom is -0.496 e. The van der Waals surface area contributed by atoms with Gasteiger partial charge in [-0.25, -0.2) is 4.98 Å². The first kappa shape index (κ1) is 21.2. The van der Waals surface area contributed by atoms with Crippen LogP contribution < -0.4 is 10.1 Å². The number of nitrogens with one attached hydrogen (secondary N) is 1. The van der Waals surface area contributed by atoms with Gasteiger partial charge in [0.05, 0.1) is 49.5 Å². The molecule has 0 radical (unpaired) electrons. The zero-order valence-electron chi connectivity index (χ0n) is 18.9. The lowest BCUT2D eigenvalue weighted by Crippen LogP contribution is -2.29. The van der Waals surface area contributed by atoms with Crippen molar-refractivity contribution in [2.45, 2.75) is 20.0 Å². The van der Waals surface area contributed by atoms with E-state index in [4.69, 9.17) is 9.47 Å². The first-order valence-corrected chi connectivity index (χ1v) is 12.1. The summed E-state index contributed by atoms with van der Waals surface area (Å²) in [5.74, 6) is 1.53. The lowest BCUT2D eigenvalue weighted by Gasteiger charge is -2.16. The van der Waals surface area contributed by atoms with Crippen LogP contribution >= 0.6 is 11.3 Å². The Bertz CT molecular complexity index is 1270. The Kier molecular flexibility index (Phi) is 5.11. The zero-order chi connectivity index (χ0) is 23.4. The van der Waals surface area contributed by atoms with Crippen LogP contribution in [0, 0.1) is 24.7 Å². The molecule has 2 atom stereocenters. The molecule has 9 heteroatoms. The van der Waals surface area contributed by atoms with Crippen LogP contribution in [-0.4, -0.2) is 47.0 Å². The molecule has 4 heterocycles. The number of aryl methyl sites for hydroxylation is 1. The summed E-state index contributed by atoms with van der Waals surface area (Å²) in [5, 5.41) is 3.47. The van der Waals surface area contributed by atoms with Crippen molar-refractivity contribution < 1.29 is 19.1 Å². The van der Waals surface area contributed by atoms with E-state index in [2.05, 4.69) is 15.3 Å². The molecule has 3 aromatic rings. The number of pyridine rings is 1. The maximum Gasteiger partial charge on any atom is 0.259 e. The number of carbonyl (C=O) groups is 2. The van der Waals surface area contributed by atoms with Gasteiger partial charge in [0.1, 0.15) is 5.75 Å². The van der Waals surface area contributed by atoms with Gasteiger partial charge in [0.2, 0.25) is 5.91 Å². The van der Waals surface area contributed by atoms with Gasteiger partial charge < -0.3 is 14.4 Å². The van der Waals surface area contributed by atoms with E-state index in [-0.39, 0.29) is 17.7 Å². The normalized spacial score (nSPS) is 22.3. The fraction of sp³-hybridized carbons (Fsp3) is 0.360. The van der Waals surface area contributed by atoms with Crippen molar-refractivity contribution in [3.63, 3.8) is 0 Å². The van der Waals surface area contributed by atoms with Gasteiger partial charge in [-0.15, -0.1) is 0 Å². The summed E-state index contributed by atoms with van der Waals surface area (Å²) in [6.07, 6.45) is 1.59. The molecule has 6 rings (SSSR count). The average molecular weight is 477 g/mol. The van der Waals surface area contributed by atoms with Crippen LogP contribution in [0.3, 0.4) is 0 Å². The van der Waals surface area contributed by atoms with Crippen LogP contribution in [0.5, 0.6) is 5.75 Å². The van der Waals surface area contributed by atoms with Gasteiger partial charge in [0, 0.05) is 28.9 Å². The number of thiazole rings is 1. The number of rotatable bonds is 5. The van der Waals surface area contributed by atoms with Gasteiger partial charge >= 0.3 is 0 Å². The lowest BCUT2D eigenvalue weighted by molar-refractivity contribution is -0.134. The Labute approximate surface area is 200 Å². The van der Waals surface area contributed by atoms with Gasteiger partial charge in [-0.05, 0) is 30.9 Å². The number of benzene rings is 1. The van der Waals surface area contributed by atoms with E-state index < -0.39 is 0 Å². The first-order chi connectivity index (χ1) is 16.5. The Morgan fingerprint density at radius 3 is 2.74 bits per heavy atom. The first-order valence-electron chi connectivity index (χ1n) is 11.3. The van der Waals surface area contributed by atoms with Gasteiger partial charge in [-0.1, -0.05) is 29.5 Å². The van der Waals surface area contributed by atoms with Gasteiger partial charge in [-0.2, -0.15) is 0 Å². The number of hydrogen-bond donors (Lipinski definition) is 1. The van der Waals surface area contributed by atoms with Gasteiger partial charge in [0.25, 0.3) is 5.91 Å². The third-order valence-electron chi connectivity index (χ3n) is 6.91. The van der Waals surface area contributed by atoms with Crippen LogP contribution in [0.1, 0.15) is 26.6 Å². The predicted molar refractivity (Wildman–Crippen MR) is 127 cm³/mol. The highest BCUT2D eigenvalue weighted by Crippen LogP contribution is 2.52. The second-order valence-electron chi connectivity index (χ2n) is 9.00. The molecule has 3 aliphatic rings. The Morgan fingerprint density at radius 1 is 1.18 bits per heavy atom. The molecule has 0 spiro atoms. The van der Waals surface area contributed by atoms with Crippen molar-refractivity contribution in [2.24, 2.45) is 17.8 Å². The molecule has 2 unspecified atom stereocenters. The van der Waals surface area contributed by atoms with Crippen molar-refractivity contribution in [1.29, 1.82) is 0 Å². The van der Waals surface area contributed by atoms with Crippen LogP contribution in [0.25, 0.3) is 11.1 Å². The van der Waals surface area contributed by atoms with Crippen LogP contribution in [0.4, 0.5) is 5.13 Å². The van der Waals surface area contributed by atoms with Crippen LogP contribution in [0.2, 0.25) is 0 Å². The van der Waals surface area contributed by atoms with Crippen LogP contribution in [-0.2, 0) is 22.6 Å². The van der Waals surface area contributed by atoms with Gasteiger partial charge in [-0.3, -0.25) is 19.9 Å². The SMILES string of the molecule is COc1ccccc1-c1cc(C)ncc1C(=O)Nc1nc2c(s1)CN(C(=O)C1C3COCC31)C2. The lowest BCUT2D eigenvalue weighted by atomic mass is 9.99. The van der Waals surface area contributed by atoms with E-state index in [1.54, 1.807) is 13.3 Å². The molecule has 1 aromatic carbocycles. The molecule has 34 heavy (non-hydrogen) atoms. The number of aromatic nitrogens is 2. The van der Waals surface area contributed by atoms with Crippen molar-refractivity contribution >= 4 is 28.3 Å². The van der Waals surface area contributed by atoms with Gasteiger partial charge in [0.15, 0.2) is 5.13 Å². The number of ether oxygens (including phenoxy) is 2. The maximum absolute atomic E-state index is 13.2. The number of methoxy groups -OCH3 is 1. The summed E-state index contributed by atoms with van der Waals surface area (Å²) in [6.45, 7) is 4.35. The summed E-state index contributed by atoms with van der Waals surface area (Å²) in [5.41, 5.74) is 3.70. The fourth-order valence-electron chi connectivity index (χ4n) is 5.06. The summed E-state index contributed by atoms with van der Waals surface area (Å²) < 4.78 is 10.9. The second kappa shape index (κ2) is 8.18. The van der Waals surface area contributed by atoms with E-state index in [0.717, 1.165) is 27.4 Å². The van der Waals surface area contributed by atoms with Crippen molar-refractivity contribution in [3.05, 3.63) is 58.4 Å². The van der Waals surface area contributed by atoms with Crippen molar-refractivity contribution in [3.8, 4) is 16.9 Å². The number of nitrogens with zero attached hydrogens (tertiary/aromatic N) is 3. The largest absolute Gasteiger partial charge is 0.496 e. The summed E-state index contributed by atoms with van der Waals surface area (Å²) in [7, 11) is 1.61. The third kappa shape index (κ3) is 3.56. The number of fused-ring (bicyclic) bond motifs is 2. The number of amides is 2. The third-order valence-corrected chi connectivity index (χ3v) is 7.90. The number of hydrogen-bond acceptors (Lipinski definition) is 7. The molecule has 174 valence electrons. The van der Waals surface area contributed by atoms with Crippen molar-refractivity contribution in [1.82, 2.24) is 14.9 Å². The van der Waals surface area contributed by atoms with E-state index >= 15 is 0 Å². The molecule has 2 amide bonds. The zero-order valence-corrected chi connectivity index (χ0v) is 19.7. The molecule has 1 aliphatic carbocycles. The standard InChI is InChI=1S/C25H24N4O4S/c1-13-7-15(14-5-3-4-6-20(14)32-2)16(8-26-13)23(30)28-25-27-19-9-29(10-21(19)34-25)24(31)22-17-11-33-12-18(17)22/h3-8,17-18,22H,9-12H2,1-2H3,(H,27,28,30). The summed E-state index contributed by atoms with van der Waals surface area (Å²) in [6, 6.07) is 9.48. The quantitative estimate of drug-likeness (QED) is 0.606. The van der Waals surface area contributed by atoms with E-state index in [1.807, 2.05) is 42.2 Å².